The number of aromatic nitrogens is 2. The Morgan fingerprint density at radius 1 is 1.32 bits per heavy atom. The molecule has 0 saturated carbocycles. The molecule has 2 rings (SSSR count). The Hall–Kier alpha value is -2.14. The maximum Gasteiger partial charge on any atom is 0.271 e. The Morgan fingerprint density at radius 3 is 2.84 bits per heavy atom. The molecule has 100 valence electrons. The third kappa shape index (κ3) is 3.00. The third-order valence-corrected chi connectivity index (χ3v) is 2.85. The van der Waals surface area contributed by atoms with Crippen LogP contribution in [0.3, 0.4) is 0 Å². The molecule has 2 aromatic rings. The fourth-order valence-corrected chi connectivity index (χ4v) is 1.85. The van der Waals surface area contributed by atoms with Gasteiger partial charge in [-0.05, 0) is 24.2 Å². The molecule has 0 unspecified atom stereocenters. The minimum absolute atomic E-state index is 0.178. The first kappa shape index (κ1) is 13.3. The monoisotopic (exact) mass is 258 g/mol. The van der Waals surface area contributed by atoms with Crippen LogP contribution in [-0.4, -0.2) is 29.3 Å². The standard InChI is InChI=1S/C14H18N4O/c1-3-16-10-11-6-4-5-7-13(11)18-9-8-12(17-18)14(19)15-2/h4-9,16H,3,10H2,1-2H3,(H,15,19). The van der Waals surface area contributed by atoms with Gasteiger partial charge in [-0.25, -0.2) is 4.68 Å². The molecule has 0 atom stereocenters. The Morgan fingerprint density at radius 2 is 2.11 bits per heavy atom. The van der Waals surface area contributed by atoms with Crippen LogP contribution in [0.5, 0.6) is 0 Å². The van der Waals surface area contributed by atoms with Gasteiger partial charge in [0.25, 0.3) is 5.91 Å². The van der Waals surface area contributed by atoms with Crippen molar-refractivity contribution in [2.45, 2.75) is 13.5 Å². The van der Waals surface area contributed by atoms with Crippen molar-refractivity contribution in [3.63, 3.8) is 0 Å². The van der Waals surface area contributed by atoms with E-state index in [1.807, 2.05) is 18.2 Å². The molecule has 0 saturated heterocycles. The van der Waals surface area contributed by atoms with Gasteiger partial charge in [0.1, 0.15) is 0 Å². The van der Waals surface area contributed by atoms with Crippen molar-refractivity contribution in [2.75, 3.05) is 13.6 Å². The zero-order valence-electron chi connectivity index (χ0n) is 11.2. The minimum Gasteiger partial charge on any atom is -0.354 e. The van der Waals surface area contributed by atoms with Gasteiger partial charge < -0.3 is 10.6 Å². The number of para-hydroxylation sites is 1. The molecule has 2 N–H and O–H groups in total. The van der Waals surface area contributed by atoms with Crippen LogP contribution in [0.2, 0.25) is 0 Å². The summed E-state index contributed by atoms with van der Waals surface area (Å²) in [6, 6.07) is 9.72. The van der Waals surface area contributed by atoms with Crippen LogP contribution in [0.4, 0.5) is 0 Å². The van der Waals surface area contributed by atoms with Crippen molar-refractivity contribution in [3.05, 3.63) is 47.8 Å². The van der Waals surface area contributed by atoms with E-state index in [9.17, 15) is 4.79 Å². The number of carbonyl (C=O) groups is 1. The van der Waals surface area contributed by atoms with Crippen molar-refractivity contribution in [2.24, 2.45) is 0 Å². The van der Waals surface area contributed by atoms with Gasteiger partial charge in [0.05, 0.1) is 5.69 Å². The van der Waals surface area contributed by atoms with Gasteiger partial charge in [0, 0.05) is 19.8 Å². The average Bonchev–Trinajstić information content (AvgIpc) is 2.94. The summed E-state index contributed by atoms with van der Waals surface area (Å²) in [7, 11) is 1.60. The first-order chi connectivity index (χ1) is 9.26. The number of nitrogens with zero attached hydrogens (tertiary/aromatic N) is 2. The molecule has 5 nitrogen and oxygen atoms in total. The molecule has 1 amide bonds. The van der Waals surface area contributed by atoms with E-state index in [1.165, 1.54) is 0 Å². The first-order valence-corrected chi connectivity index (χ1v) is 6.33. The molecular weight excluding hydrogens is 240 g/mol. The number of hydrogen-bond acceptors (Lipinski definition) is 3. The van der Waals surface area contributed by atoms with Crippen LogP contribution in [0.1, 0.15) is 23.0 Å². The number of benzene rings is 1. The molecule has 5 heteroatoms. The Kier molecular flexibility index (Phi) is 4.30. The van der Waals surface area contributed by atoms with Gasteiger partial charge in [-0.15, -0.1) is 0 Å². The molecule has 0 spiro atoms. The van der Waals surface area contributed by atoms with E-state index in [0.717, 1.165) is 24.3 Å². The van der Waals surface area contributed by atoms with Gasteiger partial charge >= 0.3 is 0 Å². The maximum atomic E-state index is 11.5. The molecule has 0 aliphatic heterocycles. The van der Waals surface area contributed by atoms with E-state index in [4.69, 9.17) is 0 Å². The fraction of sp³-hybridized carbons (Fsp3) is 0.286. The molecule has 0 aliphatic carbocycles. The number of nitrogens with one attached hydrogen (secondary N) is 2. The second kappa shape index (κ2) is 6.15. The fourth-order valence-electron chi connectivity index (χ4n) is 1.85. The molecule has 0 bridgehead atoms. The van der Waals surface area contributed by atoms with Crippen molar-refractivity contribution in [1.29, 1.82) is 0 Å². The van der Waals surface area contributed by atoms with E-state index in [2.05, 4.69) is 28.7 Å². The molecule has 0 fully saturated rings. The normalized spacial score (nSPS) is 10.4. The van der Waals surface area contributed by atoms with Crippen LogP contribution in [-0.2, 0) is 6.54 Å². The summed E-state index contributed by atoms with van der Waals surface area (Å²) in [4.78, 5) is 11.5. The van der Waals surface area contributed by atoms with E-state index in [1.54, 1.807) is 24.0 Å². The third-order valence-electron chi connectivity index (χ3n) is 2.85. The van der Waals surface area contributed by atoms with Crippen LogP contribution in [0.25, 0.3) is 5.69 Å². The highest BCUT2D eigenvalue weighted by molar-refractivity contribution is 5.91. The summed E-state index contributed by atoms with van der Waals surface area (Å²) in [5.74, 6) is -0.178. The molecule has 19 heavy (non-hydrogen) atoms. The Balaban J connectivity index is 2.30. The topological polar surface area (TPSA) is 59.0 Å². The lowest BCUT2D eigenvalue weighted by atomic mass is 10.2. The SMILES string of the molecule is CCNCc1ccccc1-n1ccc(C(=O)NC)n1. The number of hydrogen-bond donors (Lipinski definition) is 2. The van der Waals surface area contributed by atoms with Crippen molar-refractivity contribution in [1.82, 2.24) is 20.4 Å². The lowest BCUT2D eigenvalue weighted by Gasteiger charge is -2.09. The van der Waals surface area contributed by atoms with E-state index < -0.39 is 0 Å². The van der Waals surface area contributed by atoms with Gasteiger partial charge in [-0.2, -0.15) is 5.10 Å². The molecule has 0 aliphatic rings. The highest BCUT2D eigenvalue weighted by Crippen LogP contribution is 2.14. The number of rotatable bonds is 5. The highest BCUT2D eigenvalue weighted by Gasteiger charge is 2.09. The van der Waals surface area contributed by atoms with Crippen LogP contribution in [0, 0.1) is 0 Å². The molecule has 1 aromatic carbocycles. The number of carbonyl (C=O) groups excluding carboxylic acids is 1. The van der Waals surface area contributed by atoms with Crippen molar-refractivity contribution >= 4 is 5.91 Å². The summed E-state index contributed by atoms with van der Waals surface area (Å²) in [5.41, 5.74) is 2.55. The summed E-state index contributed by atoms with van der Waals surface area (Å²) < 4.78 is 1.73. The van der Waals surface area contributed by atoms with Gasteiger partial charge in [0.2, 0.25) is 0 Å². The second-order valence-corrected chi connectivity index (χ2v) is 4.13. The lowest BCUT2D eigenvalue weighted by Crippen LogP contribution is -2.19. The molecular formula is C14H18N4O. The largest absolute Gasteiger partial charge is 0.354 e. The zero-order chi connectivity index (χ0) is 13.7. The van der Waals surface area contributed by atoms with Crippen LogP contribution >= 0.6 is 0 Å². The minimum atomic E-state index is -0.178. The highest BCUT2D eigenvalue weighted by atomic mass is 16.1. The summed E-state index contributed by atoms with van der Waals surface area (Å²) in [6.07, 6.45) is 1.80. The first-order valence-electron chi connectivity index (χ1n) is 6.33. The molecule has 1 heterocycles. The smallest absolute Gasteiger partial charge is 0.271 e. The predicted octanol–water partition coefficient (Wildman–Crippen LogP) is 1.34. The zero-order valence-corrected chi connectivity index (χ0v) is 11.2. The Bertz CT molecular complexity index is 562. The quantitative estimate of drug-likeness (QED) is 0.851. The summed E-state index contributed by atoms with van der Waals surface area (Å²) >= 11 is 0. The molecule has 1 aromatic heterocycles. The maximum absolute atomic E-state index is 11.5. The average molecular weight is 258 g/mol. The van der Waals surface area contributed by atoms with E-state index >= 15 is 0 Å². The van der Waals surface area contributed by atoms with Gasteiger partial charge in [-0.1, -0.05) is 25.1 Å². The summed E-state index contributed by atoms with van der Waals surface area (Å²) in [6.45, 7) is 3.76. The van der Waals surface area contributed by atoms with Gasteiger partial charge in [0.15, 0.2) is 5.69 Å². The van der Waals surface area contributed by atoms with Crippen LogP contribution < -0.4 is 10.6 Å². The predicted molar refractivity (Wildman–Crippen MR) is 74.3 cm³/mol. The van der Waals surface area contributed by atoms with Gasteiger partial charge in [-0.3, -0.25) is 4.79 Å². The second-order valence-electron chi connectivity index (χ2n) is 4.13. The van der Waals surface area contributed by atoms with Crippen LogP contribution in [0.15, 0.2) is 36.5 Å². The number of amides is 1. The lowest BCUT2D eigenvalue weighted by molar-refractivity contribution is 0.0957. The van der Waals surface area contributed by atoms with Crippen molar-refractivity contribution < 1.29 is 4.79 Å². The Labute approximate surface area is 112 Å². The van der Waals surface area contributed by atoms with E-state index in [-0.39, 0.29) is 5.91 Å². The summed E-state index contributed by atoms with van der Waals surface area (Å²) in [5, 5.41) is 10.2. The van der Waals surface area contributed by atoms with Crippen molar-refractivity contribution in [3.8, 4) is 5.69 Å². The molecule has 0 radical (unpaired) electrons. The van der Waals surface area contributed by atoms with E-state index in [0.29, 0.717) is 5.69 Å².